The highest BCUT2D eigenvalue weighted by Crippen LogP contribution is 2.17. The standard InChI is InChI=1S/C9H11N3OS/c13-12-9-11-8(6-14-9)5-7-1-3-10-4-2-7/h1-4,8H,5-6,12H2/t8-/m1/s1. The predicted molar refractivity (Wildman–Crippen MR) is 56.9 cm³/mol. The van der Waals surface area contributed by atoms with Crippen LogP contribution in [0.1, 0.15) is 5.56 Å². The van der Waals surface area contributed by atoms with E-state index in [9.17, 15) is 5.21 Å². The maximum absolute atomic E-state index is 10.4. The smallest absolute Gasteiger partial charge is 0.256 e. The van der Waals surface area contributed by atoms with E-state index in [1.807, 2.05) is 12.1 Å². The number of nitrogens with two attached hydrogens (primary N) is 1. The molecule has 5 heteroatoms. The molecule has 0 spiro atoms. The molecular formula is C9H11N3OS. The summed E-state index contributed by atoms with van der Waals surface area (Å²) in [5, 5.41) is 11.1. The van der Waals surface area contributed by atoms with Gasteiger partial charge in [0.25, 0.3) is 5.17 Å². The van der Waals surface area contributed by atoms with Gasteiger partial charge in [-0.1, -0.05) is 0 Å². The zero-order valence-corrected chi connectivity index (χ0v) is 8.41. The Balaban J connectivity index is 1.97. The van der Waals surface area contributed by atoms with Gasteiger partial charge in [-0.2, -0.15) is 0 Å². The molecule has 0 fully saturated rings. The molecule has 1 aliphatic rings. The minimum absolute atomic E-state index is 0.252. The molecule has 0 aliphatic carbocycles. The highest BCUT2D eigenvalue weighted by atomic mass is 32.2. The van der Waals surface area contributed by atoms with Crippen molar-refractivity contribution in [2.75, 3.05) is 5.75 Å². The first-order valence-electron chi connectivity index (χ1n) is 4.43. The van der Waals surface area contributed by atoms with E-state index in [2.05, 4.69) is 9.98 Å². The van der Waals surface area contributed by atoms with Crippen LogP contribution in [0.15, 0.2) is 29.5 Å². The minimum atomic E-state index is 0.252. The van der Waals surface area contributed by atoms with Crippen LogP contribution in [0.25, 0.3) is 0 Å². The molecular weight excluding hydrogens is 198 g/mol. The molecule has 0 saturated heterocycles. The van der Waals surface area contributed by atoms with Crippen molar-refractivity contribution >= 4 is 16.9 Å². The third-order valence-corrected chi connectivity index (χ3v) is 3.10. The normalized spacial score (nSPS) is 20.9. The molecule has 0 radical (unpaired) electrons. The lowest BCUT2D eigenvalue weighted by Gasteiger charge is -2.03. The molecule has 4 nitrogen and oxygen atoms in total. The fourth-order valence-electron chi connectivity index (χ4n) is 1.40. The lowest BCUT2D eigenvalue weighted by atomic mass is 10.1. The van der Waals surface area contributed by atoms with Gasteiger partial charge in [0.1, 0.15) is 0 Å². The number of amidine groups is 1. The average molecular weight is 209 g/mol. The summed E-state index contributed by atoms with van der Waals surface area (Å²) >= 11 is 1.54. The maximum atomic E-state index is 10.4. The van der Waals surface area contributed by atoms with E-state index < -0.39 is 0 Å². The van der Waals surface area contributed by atoms with Crippen molar-refractivity contribution in [3.63, 3.8) is 0 Å². The van der Waals surface area contributed by atoms with Crippen molar-refractivity contribution < 1.29 is 5.48 Å². The molecule has 0 bridgehead atoms. The Bertz CT molecular complexity index is 328. The topological polar surface area (TPSA) is 64.9 Å². The first kappa shape index (κ1) is 9.64. The van der Waals surface area contributed by atoms with Crippen molar-refractivity contribution in [3.05, 3.63) is 35.3 Å². The van der Waals surface area contributed by atoms with Crippen LogP contribution >= 0.6 is 11.8 Å². The molecule has 2 N–H and O–H groups in total. The van der Waals surface area contributed by atoms with E-state index >= 15 is 0 Å². The molecule has 1 aliphatic heterocycles. The third-order valence-electron chi connectivity index (χ3n) is 2.05. The fourth-order valence-corrected chi connectivity index (χ4v) is 2.24. The van der Waals surface area contributed by atoms with Crippen LogP contribution < -0.4 is 5.48 Å². The zero-order valence-electron chi connectivity index (χ0n) is 7.59. The highest BCUT2D eigenvalue weighted by molar-refractivity contribution is 8.13. The molecule has 14 heavy (non-hydrogen) atoms. The van der Waals surface area contributed by atoms with Crippen LogP contribution in [-0.2, 0) is 6.42 Å². The molecule has 1 aromatic heterocycles. The van der Waals surface area contributed by atoms with Crippen molar-refractivity contribution in [2.45, 2.75) is 12.5 Å². The SMILES string of the molecule is [O-][NH2+]C1=N[C@H](Cc2ccncc2)CS1. The first-order valence-corrected chi connectivity index (χ1v) is 5.42. The molecule has 2 heterocycles. The van der Waals surface area contributed by atoms with Gasteiger partial charge in [-0.15, -0.1) is 0 Å². The Morgan fingerprint density at radius 2 is 2.29 bits per heavy atom. The number of quaternary nitrogens is 1. The van der Waals surface area contributed by atoms with Crippen LogP contribution in [0.5, 0.6) is 0 Å². The molecule has 0 saturated carbocycles. The van der Waals surface area contributed by atoms with Gasteiger partial charge in [-0.25, -0.2) is 4.99 Å². The molecule has 74 valence electrons. The number of aliphatic imine (C=N–C) groups is 1. The molecule has 1 aromatic rings. The number of hydrogen-bond acceptors (Lipinski definition) is 4. The van der Waals surface area contributed by atoms with Gasteiger partial charge in [0.15, 0.2) is 0 Å². The molecule has 0 aromatic carbocycles. The Labute approximate surface area is 86.4 Å². The highest BCUT2D eigenvalue weighted by Gasteiger charge is 2.19. The van der Waals surface area contributed by atoms with Crippen LogP contribution in [0.3, 0.4) is 0 Å². The summed E-state index contributed by atoms with van der Waals surface area (Å²) in [6, 6.07) is 4.22. The summed E-state index contributed by atoms with van der Waals surface area (Å²) in [4.78, 5) is 8.25. The van der Waals surface area contributed by atoms with Gasteiger partial charge in [-0.3, -0.25) is 4.98 Å². The number of hydrogen-bond donors (Lipinski definition) is 1. The summed E-state index contributed by atoms with van der Waals surface area (Å²) in [6.45, 7) is 0. The summed E-state index contributed by atoms with van der Waals surface area (Å²) in [7, 11) is 0. The van der Waals surface area contributed by atoms with Gasteiger partial charge >= 0.3 is 0 Å². The van der Waals surface area contributed by atoms with Crippen molar-refractivity contribution in [2.24, 2.45) is 4.99 Å². The third kappa shape index (κ3) is 2.31. The maximum Gasteiger partial charge on any atom is 0.256 e. The number of hydroxylamine groups is 1. The van der Waals surface area contributed by atoms with Gasteiger partial charge in [-0.05, 0) is 35.9 Å². The minimum Gasteiger partial charge on any atom is -0.629 e. The fraction of sp³-hybridized carbons (Fsp3) is 0.333. The van der Waals surface area contributed by atoms with Gasteiger partial charge in [0.2, 0.25) is 0 Å². The second-order valence-corrected chi connectivity index (χ2v) is 4.15. The summed E-state index contributed by atoms with van der Waals surface area (Å²) < 4.78 is 0. The largest absolute Gasteiger partial charge is 0.629 e. The van der Waals surface area contributed by atoms with Crippen molar-refractivity contribution in [1.29, 1.82) is 0 Å². The molecule has 0 amide bonds. The number of pyridine rings is 1. The average Bonchev–Trinajstić information content (AvgIpc) is 2.67. The zero-order chi connectivity index (χ0) is 9.80. The molecule has 0 unspecified atom stereocenters. The number of thioether (sulfide) groups is 1. The van der Waals surface area contributed by atoms with Crippen LogP contribution in [0.4, 0.5) is 0 Å². The van der Waals surface area contributed by atoms with E-state index in [-0.39, 0.29) is 6.04 Å². The Kier molecular flexibility index (Phi) is 3.13. The van der Waals surface area contributed by atoms with Crippen molar-refractivity contribution in [1.82, 2.24) is 4.98 Å². The quantitative estimate of drug-likeness (QED) is 0.705. The summed E-state index contributed by atoms with van der Waals surface area (Å²) in [5.74, 6) is 0.913. The predicted octanol–water partition coefficient (Wildman–Crippen LogP) is 0.157. The molecule has 2 rings (SSSR count). The van der Waals surface area contributed by atoms with Crippen LogP contribution in [0, 0.1) is 5.21 Å². The monoisotopic (exact) mass is 209 g/mol. The van der Waals surface area contributed by atoms with E-state index in [4.69, 9.17) is 0 Å². The lowest BCUT2D eigenvalue weighted by Crippen LogP contribution is -2.80. The first-order chi connectivity index (χ1) is 6.88. The second-order valence-electron chi connectivity index (χ2n) is 3.11. The summed E-state index contributed by atoms with van der Waals surface area (Å²) in [6.07, 6.45) is 4.45. The van der Waals surface area contributed by atoms with E-state index in [1.54, 1.807) is 12.4 Å². The van der Waals surface area contributed by atoms with Crippen LogP contribution in [0.2, 0.25) is 0 Å². The van der Waals surface area contributed by atoms with Gasteiger partial charge in [0.05, 0.1) is 6.04 Å². The van der Waals surface area contributed by atoms with E-state index in [0.29, 0.717) is 5.17 Å². The Morgan fingerprint density at radius 3 is 2.93 bits per heavy atom. The van der Waals surface area contributed by atoms with Crippen molar-refractivity contribution in [3.8, 4) is 0 Å². The Morgan fingerprint density at radius 1 is 1.50 bits per heavy atom. The number of rotatable bonds is 2. The number of nitrogens with zero attached hydrogens (tertiary/aromatic N) is 2. The Hall–Kier alpha value is -0.910. The molecule has 1 atom stereocenters. The summed E-state index contributed by atoms with van der Waals surface area (Å²) in [5.41, 5.74) is 2.05. The second kappa shape index (κ2) is 4.54. The number of aromatic nitrogens is 1. The van der Waals surface area contributed by atoms with Crippen LogP contribution in [-0.4, -0.2) is 21.9 Å². The van der Waals surface area contributed by atoms with Gasteiger partial charge < -0.3 is 10.7 Å². The van der Waals surface area contributed by atoms with Gasteiger partial charge in [0, 0.05) is 18.1 Å². The van der Waals surface area contributed by atoms with E-state index in [1.165, 1.54) is 17.3 Å². The lowest BCUT2D eigenvalue weighted by molar-refractivity contribution is -0.456. The van der Waals surface area contributed by atoms with E-state index in [0.717, 1.165) is 17.7 Å².